The molecular formula is C12H19NO3. The van der Waals surface area contributed by atoms with E-state index in [1.165, 1.54) is 0 Å². The molecule has 0 N–H and O–H groups in total. The smallest absolute Gasteiger partial charge is 0.213 e. The Labute approximate surface area is 95.6 Å². The van der Waals surface area contributed by atoms with E-state index in [9.17, 15) is 14.9 Å². The lowest BCUT2D eigenvalue weighted by atomic mass is 9.72. The van der Waals surface area contributed by atoms with E-state index in [1.807, 2.05) is 0 Å². The van der Waals surface area contributed by atoms with Crippen molar-refractivity contribution >= 4 is 5.78 Å². The Bertz CT molecular complexity index is 272. The monoisotopic (exact) mass is 225 g/mol. The maximum atomic E-state index is 11.1. The second kappa shape index (κ2) is 4.93. The van der Waals surface area contributed by atoms with Crippen LogP contribution in [0.3, 0.4) is 0 Å². The maximum absolute atomic E-state index is 11.1. The van der Waals surface area contributed by atoms with Crippen molar-refractivity contribution in [2.75, 3.05) is 0 Å². The molecule has 0 unspecified atom stereocenters. The third kappa shape index (κ3) is 2.60. The van der Waals surface area contributed by atoms with E-state index in [0.717, 1.165) is 51.4 Å². The predicted octanol–water partition coefficient (Wildman–Crippen LogP) is 2.58. The molecule has 0 amide bonds. The van der Waals surface area contributed by atoms with E-state index in [1.54, 1.807) is 0 Å². The molecule has 2 aliphatic rings. The Morgan fingerprint density at radius 3 is 1.94 bits per heavy atom. The molecule has 0 saturated heterocycles. The number of ketones is 1. The number of carbonyl (C=O) groups excluding carboxylic acids is 1. The van der Waals surface area contributed by atoms with Crippen LogP contribution in [0.25, 0.3) is 0 Å². The van der Waals surface area contributed by atoms with Crippen molar-refractivity contribution in [1.82, 2.24) is 0 Å². The highest BCUT2D eigenvalue weighted by molar-refractivity contribution is 5.79. The van der Waals surface area contributed by atoms with Crippen LogP contribution in [0.1, 0.15) is 51.4 Å². The zero-order valence-corrected chi connectivity index (χ0v) is 9.56. The Morgan fingerprint density at radius 1 is 0.938 bits per heavy atom. The highest BCUT2D eigenvalue weighted by Gasteiger charge is 2.33. The van der Waals surface area contributed by atoms with Gasteiger partial charge >= 0.3 is 0 Å². The van der Waals surface area contributed by atoms with E-state index in [4.69, 9.17) is 0 Å². The standard InChI is InChI=1S/C12H19NO3/c14-12-7-3-10(4-8-12)9-1-5-11(6-2-9)13(15)16/h9-11H,1-8H2. The molecule has 0 aromatic heterocycles. The fourth-order valence-corrected chi connectivity index (χ4v) is 3.22. The maximum Gasteiger partial charge on any atom is 0.213 e. The number of rotatable bonds is 2. The van der Waals surface area contributed by atoms with Crippen molar-refractivity contribution in [3.8, 4) is 0 Å². The van der Waals surface area contributed by atoms with Crippen LogP contribution < -0.4 is 0 Å². The lowest BCUT2D eigenvalue weighted by Gasteiger charge is -2.33. The fraction of sp³-hybridized carbons (Fsp3) is 0.917. The van der Waals surface area contributed by atoms with Gasteiger partial charge in [0.25, 0.3) is 0 Å². The molecule has 2 saturated carbocycles. The van der Waals surface area contributed by atoms with Crippen molar-refractivity contribution in [2.45, 2.75) is 57.4 Å². The van der Waals surface area contributed by atoms with Crippen LogP contribution in [0.15, 0.2) is 0 Å². The zero-order valence-electron chi connectivity index (χ0n) is 9.56. The first-order chi connectivity index (χ1) is 7.66. The van der Waals surface area contributed by atoms with Gasteiger partial charge in [0.2, 0.25) is 6.04 Å². The summed E-state index contributed by atoms with van der Waals surface area (Å²) in [5.74, 6) is 1.70. The van der Waals surface area contributed by atoms with Crippen LogP contribution in [0.5, 0.6) is 0 Å². The van der Waals surface area contributed by atoms with Gasteiger partial charge in [-0.1, -0.05) is 0 Å². The molecule has 0 bridgehead atoms. The normalized spacial score (nSPS) is 32.6. The van der Waals surface area contributed by atoms with Crippen molar-refractivity contribution < 1.29 is 9.72 Å². The van der Waals surface area contributed by atoms with E-state index >= 15 is 0 Å². The van der Waals surface area contributed by atoms with Crippen LogP contribution in [-0.4, -0.2) is 16.7 Å². The molecule has 0 aromatic rings. The summed E-state index contributed by atoms with van der Waals surface area (Å²) in [5.41, 5.74) is 0. The molecule has 4 heteroatoms. The number of nitrogens with zero attached hydrogens (tertiary/aromatic N) is 1. The van der Waals surface area contributed by atoms with Gasteiger partial charge in [0.1, 0.15) is 5.78 Å². The Morgan fingerprint density at radius 2 is 1.44 bits per heavy atom. The third-order valence-corrected chi connectivity index (χ3v) is 4.29. The average molecular weight is 225 g/mol. The Kier molecular flexibility index (Phi) is 3.56. The largest absolute Gasteiger partial charge is 0.300 e. The minimum atomic E-state index is -0.304. The summed E-state index contributed by atoms with van der Waals surface area (Å²) in [7, 11) is 0. The third-order valence-electron chi connectivity index (χ3n) is 4.29. The molecule has 0 aliphatic heterocycles. The zero-order chi connectivity index (χ0) is 11.5. The first-order valence-electron chi connectivity index (χ1n) is 6.32. The van der Waals surface area contributed by atoms with E-state index < -0.39 is 0 Å². The molecule has 4 nitrogen and oxygen atoms in total. The van der Waals surface area contributed by atoms with Gasteiger partial charge < -0.3 is 0 Å². The van der Waals surface area contributed by atoms with Crippen LogP contribution in [0.2, 0.25) is 0 Å². The summed E-state index contributed by atoms with van der Waals surface area (Å²) < 4.78 is 0. The molecular weight excluding hydrogens is 206 g/mol. The molecule has 0 spiro atoms. The van der Waals surface area contributed by atoms with Crippen LogP contribution in [0.4, 0.5) is 0 Å². The molecule has 2 aliphatic carbocycles. The molecule has 2 fully saturated rings. The second-order valence-electron chi connectivity index (χ2n) is 5.23. The quantitative estimate of drug-likeness (QED) is 0.536. The predicted molar refractivity (Wildman–Crippen MR) is 59.7 cm³/mol. The van der Waals surface area contributed by atoms with Crippen LogP contribution in [0, 0.1) is 22.0 Å². The lowest BCUT2D eigenvalue weighted by molar-refractivity contribution is -0.527. The number of nitro groups is 1. The molecule has 90 valence electrons. The SMILES string of the molecule is O=C1CCC(C2CCC([N+](=O)[O-])CC2)CC1. The van der Waals surface area contributed by atoms with Gasteiger partial charge in [-0.2, -0.15) is 0 Å². The highest BCUT2D eigenvalue weighted by atomic mass is 16.6. The average Bonchev–Trinajstić information content (AvgIpc) is 2.30. The topological polar surface area (TPSA) is 60.2 Å². The van der Waals surface area contributed by atoms with E-state index in [0.29, 0.717) is 17.6 Å². The van der Waals surface area contributed by atoms with Crippen LogP contribution in [-0.2, 0) is 4.79 Å². The van der Waals surface area contributed by atoms with Crippen molar-refractivity contribution in [2.24, 2.45) is 11.8 Å². The molecule has 0 aromatic carbocycles. The first-order valence-corrected chi connectivity index (χ1v) is 6.32. The summed E-state index contributed by atoms with van der Waals surface area (Å²) in [6.45, 7) is 0. The summed E-state index contributed by atoms with van der Waals surface area (Å²) >= 11 is 0. The van der Waals surface area contributed by atoms with Gasteiger partial charge in [0, 0.05) is 30.6 Å². The molecule has 2 rings (SSSR count). The summed E-state index contributed by atoms with van der Waals surface area (Å²) in [4.78, 5) is 21.7. The molecule has 0 radical (unpaired) electrons. The van der Waals surface area contributed by atoms with Gasteiger partial charge in [0.15, 0.2) is 0 Å². The summed E-state index contributed by atoms with van der Waals surface area (Å²) in [6.07, 6.45) is 6.97. The van der Waals surface area contributed by atoms with Gasteiger partial charge in [-0.15, -0.1) is 0 Å². The minimum Gasteiger partial charge on any atom is -0.300 e. The van der Waals surface area contributed by atoms with E-state index in [-0.39, 0.29) is 11.0 Å². The Hall–Kier alpha value is -0.930. The van der Waals surface area contributed by atoms with Gasteiger partial charge in [0.05, 0.1) is 0 Å². The molecule has 0 heterocycles. The van der Waals surface area contributed by atoms with Crippen LogP contribution >= 0.6 is 0 Å². The second-order valence-corrected chi connectivity index (χ2v) is 5.23. The molecule has 0 atom stereocenters. The number of Topliss-reactive ketones (excluding diaryl/α,β-unsaturated/α-hetero) is 1. The highest BCUT2D eigenvalue weighted by Crippen LogP contribution is 2.37. The summed E-state index contributed by atoms with van der Waals surface area (Å²) in [6, 6.07) is -0.304. The minimum absolute atomic E-state index is 0.124. The summed E-state index contributed by atoms with van der Waals surface area (Å²) in [5, 5.41) is 10.6. The van der Waals surface area contributed by atoms with Crippen molar-refractivity contribution in [1.29, 1.82) is 0 Å². The lowest BCUT2D eigenvalue weighted by Crippen LogP contribution is -2.30. The number of hydrogen-bond donors (Lipinski definition) is 0. The Balaban J connectivity index is 1.80. The number of carbonyl (C=O) groups is 1. The first kappa shape index (κ1) is 11.6. The molecule has 16 heavy (non-hydrogen) atoms. The number of hydrogen-bond acceptors (Lipinski definition) is 3. The van der Waals surface area contributed by atoms with Crippen molar-refractivity contribution in [3.63, 3.8) is 0 Å². The van der Waals surface area contributed by atoms with E-state index in [2.05, 4.69) is 0 Å². The fourth-order valence-electron chi connectivity index (χ4n) is 3.22. The van der Waals surface area contributed by atoms with Crippen molar-refractivity contribution in [3.05, 3.63) is 10.1 Å². The van der Waals surface area contributed by atoms with Gasteiger partial charge in [-0.25, -0.2) is 0 Å². The van der Waals surface area contributed by atoms with Gasteiger partial charge in [-0.3, -0.25) is 14.9 Å². The van der Waals surface area contributed by atoms with Gasteiger partial charge in [-0.05, 0) is 37.5 Å².